The molecule has 2 aromatic carbocycles. The molecule has 8 nitrogen and oxygen atoms in total. The fourth-order valence-corrected chi connectivity index (χ4v) is 4.87. The van der Waals surface area contributed by atoms with E-state index in [1.54, 1.807) is 0 Å². The number of carboxylic acid groups (broad SMARTS) is 1. The molecule has 0 spiro atoms. The Hall–Kier alpha value is -3.55. The van der Waals surface area contributed by atoms with Crippen molar-refractivity contribution in [2.24, 2.45) is 0 Å². The molecular weight excluding hydrogens is 512 g/mol. The van der Waals surface area contributed by atoms with E-state index in [9.17, 15) is 19.5 Å². The molecule has 218 valence electrons. The highest BCUT2D eigenvalue weighted by molar-refractivity contribution is 6.00. The van der Waals surface area contributed by atoms with Crippen LogP contribution in [0.3, 0.4) is 0 Å². The number of esters is 1. The van der Waals surface area contributed by atoms with Crippen LogP contribution in [0.4, 0.5) is 0 Å². The fourth-order valence-electron chi connectivity index (χ4n) is 4.87. The summed E-state index contributed by atoms with van der Waals surface area (Å²) in [6.45, 7) is 3.53. The zero-order valence-corrected chi connectivity index (χ0v) is 23.8. The minimum atomic E-state index is -0.825. The molecule has 1 aliphatic rings. The SMILES string of the molecule is CCCc1c(OCCCCCCc2ccc(OCCCC(=O)OC)cc2CCC(=O)O)ccc2c1OCCC2=O. The first-order chi connectivity index (χ1) is 19.4. The highest BCUT2D eigenvalue weighted by Crippen LogP contribution is 2.36. The lowest BCUT2D eigenvalue weighted by Crippen LogP contribution is -2.17. The number of ether oxygens (including phenoxy) is 4. The predicted octanol–water partition coefficient (Wildman–Crippen LogP) is 6.14. The normalized spacial score (nSPS) is 12.4. The number of carboxylic acids is 1. The Kier molecular flexibility index (Phi) is 12.8. The Morgan fingerprint density at radius 2 is 1.70 bits per heavy atom. The van der Waals surface area contributed by atoms with E-state index in [0.717, 1.165) is 67.4 Å². The van der Waals surface area contributed by atoms with Crippen molar-refractivity contribution in [1.29, 1.82) is 0 Å². The summed E-state index contributed by atoms with van der Waals surface area (Å²) in [7, 11) is 1.37. The maximum Gasteiger partial charge on any atom is 0.305 e. The Bertz CT molecular complexity index is 1140. The number of unbranched alkanes of at least 4 members (excludes halogenated alkanes) is 3. The molecular formula is C32H42O8. The number of hydrogen-bond donors (Lipinski definition) is 1. The first-order valence-corrected chi connectivity index (χ1v) is 14.4. The summed E-state index contributed by atoms with van der Waals surface area (Å²) in [5.41, 5.74) is 3.81. The molecule has 0 aromatic heterocycles. The van der Waals surface area contributed by atoms with Gasteiger partial charge in [-0.15, -0.1) is 0 Å². The lowest BCUT2D eigenvalue weighted by Gasteiger charge is -2.22. The van der Waals surface area contributed by atoms with Gasteiger partial charge in [0.2, 0.25) is 0 Å². The van der Waals surface area contributed by atoms with Gasteiger partial charge in [-0.1, -0.05) is 32.3 Å². The molecule has 0 amide bonds. The van der Waals surface area contributed by atoms with Crippen molar-refractivity contribution in [3.63, 3.8) is 0 Å². The molecule has 40 heavy (non-hydrogen) atoms. The zero-order valence-electron chi connectivity index (χ0n) is 23.8. The van der Waals surface area contributed by atoms with Gasteiger partial charge in [-0.05, 0) is 73.9 Å². The van der Waals surface area contributed by atoms with Crippen LogP contribution >= 0.6 is 0 Å². The van der Waals surface area contributed by atoms with Crippen molar-refractivity contribution < 1.29 is 38.4 Å². The number of carbonyl (C=O) groups is 3. The third-order valence-electron chi connectivity index (χ3n) is 7.00. The molecule has 0 atom stereocenters. The van der Waals surface area contributed by atoms with Gasteiger partial charge in [-0.25, -0.2) is 0 Å². The first kappa shape index (κ1) is 31.0. The molecule has 0 bridgehead atoms. The number of benzene rings is 2. The quantitative estimate of drug-likeness (QED) is 0.173. The molecule has 8 heteroatoms. The average molecular weight is 555 g/mol. The second-order valence-corrected chi connectivity index (χ2v) is 10.1. The minimum Gasteiger partial charge on any atom is -0.494 e. The smallest absolute Gasteiger partial charge is 0.305 e. The van der Waals surface area contributed by atoms with Crippen molar-refractivity contribution in [2.45, 2.75) is 84.0 Å². The van der Waals surface area contributed by atoms with Gasteiger partial charge >= 0.3 is 11.9 Å². The number of Topliss-reactive ketones (excluding diaryl/α,β-unsaturated/α-hetero) is 1. The molecule has 1 N–H and O–H groups in total. The molecule has 0 radical (unpaired) electrons. The average Bonchev–Trinajstić information content (AvgIpc) is 2.95. The van der Waals surface area contributed by atoms with Crippen molar-refractivity contribution in [1.82, 2.24) is 0 Å². The number of aryl methyl sites for hydroxylation is 2. The fraction of sp³-hybridized carbons (Fsp3) is 0.531. The van der Waals surface area contributed by atoms with Crippen LogP contribution in [-0.4, -0.2) is 49.8 Å². The lowest BCUT2D eigenvalue weighted by molar-refractivity contribution is -0.141. The van der Waals surface area contributed by atoms with Crippen LogP contribution < -0.4 is 14.2 Å². The van der Waals surface area contributed by atoms with Crippen LogP contribution in [-0.2, 0) is 33.6 Å². The van der Waals surface area contributed by atoms with Gasteiger partial charge in [0.05, 0.1) is 32.5 Å². The summed E-state index contributed by atoms with van der Waals surface area (Å²) in [5, 5.41) is 9.17. The standard InChI is InChI=1S/C32H42O8/c1-3-9-27-29(16-15-26-28(33)18-21-40-32(26)27)39-19-7-5-4-6-10-23-12-14-25(22-24(23)13-17-30(34)35)38-20-8-11-31(36)37-2/h12,14-16,22H,3-11,13,17-21H2,1-2H3,(H,34,35). The van der Waals surface area contributed by atoms with Crippen molar-refractivity contribution >= 4 is 17.7 Å². The van der Waals surface area contributed by atoms with Gasteiger partial charge in [0.15, 0.2) is 5.78 Å². The van der Waals surface area contributed by atoms with Crippen LogP contribution in [0.15, 0.2) is 30.3 Å². The Morgan fingerprint density at radius 1 is 0.900 bits per heavy atom. The van der Waals surface area contributed by atoms with Gasteiger partial charge in [0, 0.05) is 24.8 Å². The van der Waals surface area contributed by atoms with Crippen molar-refractivity contribution in [2.75, 3.05) is 26.9 Å². The summed E-state index contributed by atoms with van der Waals surface area (Å²) in [5.74, 6) is 1.24. The van der Waals surface area contributed by atoms with Crippen molar-refractivity contribution in [3.05, 3.63) is 52.6 Å². The third kappa shape index (κ3) is 9.57. The van der Waals surface area contributed by atoms with E-state index in [0.29, 0.717) is 62.6 Å². The number of fused-ring (bicyclic) bond motifs is 1. The molecule has 0 unspecified atom stereocenters. The summed E-state index contributed by atoms with van der Waals surface area (Å²) in [6.07, 6.45) is 8.41. The Labute approximate surface area is 237 Å². The summed E-state index contributed by atoms with van der Waals surface area (Å²) in [4.78, 5) is 34.7. The largest absolute Gasteiger partial charge is 0.494 e. The second-order valence-electron chi connectivity index (χ2n) is 10.1. The van der Waals surface area contributed by atoms with Gasteiger partial charge in [-0.3, -0.25) is 14.4 Å². The number of hydrogen-bond acceptors (Lipinski definition) is 7. The zero-order chi connectivity index (χ0) is 28.7. The molecule has 1 aliphatic heterocycles. The summed E-state index contributed by atoms with van der Waals surface area (Å²) < 4.78 is 22.4. The van der Waals surface area contributed by atoms with E-state index in [4.69, 9.17) is 14.2 Å². The van der Waals surface area contributed by atoms with Crippen LogP contribution in [0.5, 0.6) is 17.2 Å². The maximum atomic E-state index is 12.2. The van der Waals surface area contributed by atoms with Gasteiger partial charge in [0.25, 0.3) is 0 Å². The molecule has 2 aromatic rings. The van der Waals surface area contributed by atoms with E-state index >= 15 is 0 Å². The first-order valence-electron chi connectivity index (χ1n) is 14.4. The predicted molar refractivity (Wildman–Crippen MR) is 152 cm³/mol. The highest BCUT2D eigenvalue weighted by Gasteiger charge is 2.23. The summed E-state index contributed by atoms with van der Waals surface area (Å²) in [6, 6.07) is 9.59. The van der Waals surface area contributed by atoms with E-state index in [-0.39, 0.29) is 18.2 Å². The van der Waals surface area contributed by atoms with Gasteiger partial charge < -0.3 is 24.1 Å². The van der Waals surface area contributed by atoms with Crippen LogP contribution in [0.2, 0.25) is 0 Å². The lowest BCUT2D eigenvalue weighted by atomic mass is 9.97. The van der Waals surface area contributed by atoms with Gasteiger partial charge in [0.1, 0.15) is 17.2 Å². The Morgan fingerprint density at radius 3 is 2.48 bits per heavy atom. The van der Waals surface area contributed by atoms with Crippen LogP contribution in [0.25, 0.3) is 0 Å². The molecule has 0 saturated carbocycles. The topological polar surface area (TPSA) is 108 Å². The number of rotatable bonds is 18. The number of aliphatic carboxylic acids is 1. The van der Waals surface area contributed by atoms with E-state index in [2.05, 4.69) is 11.7 Å². The third-order valence-corrected chi connectivity index (χ3v) is 7.00. The van der Waals surface area contributed by atoms with E-state index in [1.807, 2.05) is 30.3 Å². The number of ketones is 1. The minimum absolute atomic E-state index is 0.0675. The molecule has 3 rings (SSSR count). The van der Waals surface area contributed by atoms with Gasteiger partial charge in [-0.2, -0.15) is 0 Å². The second kappa shape index (κ2) is 16.5. The molecule has 0 fully saturated rings. The molecule has 0 saturated heterocycles. The number of carbonyl (C=O) groups excluding carboxylic acids is 2. The van der Waals surface area contributed by atoms with Crippen LogP contribution in [0.1, 0.15) is 91.8 Å². The highest BCUT2D eigenvalue weighted by atomic mass is 16.5. The molecule has 0 aliphatic carbocycles. The van der Waals surface area contributed by atoms with E-state index in [1.165, 1.54) is 7.11 Å². The summed E-state index contributed by atoms with van der Waals surface area (Å²) >= 11 is 0. The van der Waals surface area contributed by atoms with Crippen LogP contribution in [0, 0.1) is 0 Å². The molecule has 1 heterocycles. The number of methoxy groups -OCH3 is 1. The van der Waals surface area contributed by atoms with Crippen molar-refractivity contribution in [3.8, 4) is 17.2 Å². The maximum absolute atomic E-state index is 12.2. The van der Waals surface area contributed by atoms with E-state index < -0.39 is 5.97 Å². The monoisotopic (exact) mass is 554 g/mol. The Balaban J connectivity index is 1.45.